The number of aromatic hydroxyl groups is 1. The number of aromatic amines is 1. The van der Waals surface area contributed by atoms with Crippen molar-refractivity contribution in [1.29, 1.82) is 0 Å². The topological polar surface area (TPSA) is 118 Å². The van der Waals surface area contributed by atoms with Crippen molar-refractivity contribution in [3.8, 4) is 34.0 Å². The highest BCUT2D eigenvalue weighted by molar-refractivity contribution is 5.98. The van der Waals surface area contributed by atoms with Gasteiger partial charge in [0.2, 0.25) is 11.8 Å². The quantitative estimate of drug-likeness (QED) is 0.401. The number of carbonyl (C=O) groups is 1. The molecule has 194 valence electrons. The lowest BCUT2D eigenvalue weighted by molar-refractivity contribution is -0.146. The van der Waals surface area contributed by atoms with Gasteiger partial charge >= 0.3 is 0 Å². The predicted octanol–water partition coefficient (Wildman–Crippen LogP) is 3.64. The van der Waals surface area contributed by atoms with E-state index in [1.165, 1.54) is 6.08 Å². The van der Waals surface area contributed by atoms with Gasteiger partial charge in [-0.3, -0.25) is 4.79 Å². The van der Waals surface area contributed by atoms with E-state index in [1.54, 1.807) is 12.1 Å². The normalized spacial score (nSPS) is 22.6. The Morgan fingerprint density at radius 1 is 1.16 bits per heavy atom. The molecule has 0 spiro atoms. The molecule has 2 atom stereocenters. The van der Waals surface area contributed by atoms with E-state index in [4.69, 9.17) is 9.47 Å². The van der Waals surface area contributed by atoms with Crippen LogP contribution in [-0.2, 0) is 16.1 Å². The van der Waals surface area contributed by atoms with Crippen molar-refractivity contribution in [3.63, 3.8) is 0 Å². The van der Waals surface area contributed by atoms with Crippen molar-refractivity contribution < 1.29 is 19.4 Å². The molecule has 0 saturated carbocycles. The van der Waals surface area contributed by atoms with E-state index in [1.807, 2.05) is 34.0 Å². The van der Waals surface area contributed by atoms with Crippen LogP contribution in [0.3, 0.4) is 0 Å². The highest BCUT2D eigenvalue weighted by atomic mass is 16.5. The molecule has 2 bridgehead atoms. The summed E-state index contributed by atoms with van der Waals surface area (Å²) in [4.78, 5) is 18.2. The molecule has 2 unspecified atom stereocenters. The lowest BCUT2D eigenvalue weighted by atomic mass is 9.81. The first-order valence-electron chi connectivity index (χ1n) is 13.0. The van der Waals surface area contributed by atoms with Crippen molar-refractivity contribution >= 4 is 16.9 Å². The van der Waals surface area contributed by atoms with Gasteiger partial charge in [0.15, 0.2) is 5.65 Å². The number of H-pyrrole nitrogens is 1. The van der Waals surface area contributed by atoms with Crippen LogP contribution in [-0.4, -0.2) is 72.8 Å². The number of piperidine rings is 1. The van der Waals surface area contributed by atoms with Crippen LogP contribution in [0.25, 0.3) is 33.4 Å². The lowest BCUT2D eigenvalue weighted by Crippen LogP contribution is -2.58. The van der Waals surface area contributed by atoms with Crippen molar-refractivity contribution in [2.24, 2.45) is 0 Å². The Balaban J connectivity index is 1.39. The number of benzene rings is 1. The smallest absolute Gasteiger partial charge is 0.246 e. The summed E-state index contributed by atoms with van der Waals surface area (Å²) >= 11 is 0. The minimum atomic E-state index is -0.0455. The molecule has 4 aromatic rings. The molecular weight excluding hydrogens is 484 g/mol. The number of rotatable bonds is 4. The molecule has 7 rings (SSSR count). The molecule has 10 nitrogen and oxygen atoms in total. The fourth-order valence-electron chi connectivity index (χ4n) is 6.28. The monoisotopic (exact) mass is 512 g/mol. The van der Waals surface area contributed by atoms with E-state index in [0.717, 1.165) is 53.9 Å². The second-order valence-electron chi connectivity index (χ2n) is 10.2. The van der Waals surface area contributed by atoms with Gasteiger partial charge in [-0.15, -0.1) is 10.2 Å². The number of aromatic nitrogens is 5. The maximum atomic E-state index is 12.7. The minimum absolute atomic E-state index is 0.0301. The van der Waals surface area contributed by atoms with Gasteiger partial charge < -0.3 is 24.5 Å². The van der Waals surface area contributed by atoms with Gasteiger partial charge in [0, 0.05) is 41.1 Å². The first-order chi connectivity index (χ1) is 18.6. The number of carbonyl (C=O) groups excluding carboxylic acids is 1. The van der Waals surface area contributed by atoms with Gasteiger partial charge in [-0.1, -0.05) is 18.7 Å². The Morgan fingerprint density at radius 3 is 2.76 bits per heavy atom. The summed E-state index contributed by atoms with van der Waals surface area (Å²) in [5.74, 6) is 0.995. The number of para-hydroxylation sites is 1. The van der Waals surface area contributed by atoms with Crippen LogP contribution in [0.4, 0.5) is 0 Å². The Bertz CT molecular complexity index is 1540. The molecule has 0 aliphatic carbocycles. The second kappa shape index (κ2) is 8.98. The van der Waals surface area contributed by atoms with Crippen LogP contribution in [0.1, 0.15) is 30.9 Å². The average Bonchev–Trinajstić information content (AvgIpc) is 3.53. The third-order valence-corrected chi connectivity index (χ3v) is 7.94. The van der Waals surface area contributed by atoms with Crippen LogP contribution in [0.15, 0.2) is 49.2 Å². The summed E-state index contributed by atoms with van der Waals surface area (Å²) in [6.45, 7) is 6.16. The van der Waals surface area contributed by atoms with Crippen LogP contribution >= 0.6 is 0 Å². The fraction of sp³-hybridized carbons (Fsp3) is 0.357. The number of fused-ring (bicyclic) bond motifs is 4. The lowest BCUT2D eigenvalue weighted by Gasteiger charge is -2.48. The molecule has 0 radical (unpaired) electrons. The van der Waals surface area contributed by atoms with E-state index in [-0.39, 0.29) is 29.7 Å². The molecule has 3 aromatic heterocycles. The van der Waals surface area contributed by atoms with Crippen molar-refractivity contribution in [1.82, 2.24) is 29.9 Å². The number of ether oxygens (including phenoxy) is 2. The van der Waals surface area contributed by atoms with Gasteiger partial charge in [-0.05, 0) is 37.1 Å². The first-order valence-corrected chi connectivity index (χ1v) is 13.0. The van der Waals surface area contributed by atoms with Crippen LogP contribution < -0.4 is 4.74 Å². The summed E-state index contributed by atoms with van der Waals surface area (Å²) in [7, 11) is 0. The number of amides is 1. The third-order valence-electron chi connectivity index (χ3n) is 7.94. The standard InChI is InChI=1S/C28H28N6O4/c1-2-24(36)34-17-10-16(11-18(34)15-37-14-17)26-25(21-13-29-33-8-5-9-38-28(21)33)20-12-22(31-32-27(20)30-26)19-6-3-4-7-23(19)35/h2-4,6-7,12-13,16-18,35H,1,5,8-11,14-15H2,(H,30,32). The SMILES string of the molecule is C=CC(=O)N1C2COCC1CC(c1[nH]c3nnc(-c4ccccc4O)cc3c1-c1cnn3c1OCCC3)C2. The summed E-state index contributed by atoms with van der Waals surface area (Å²) in [6.07, 6.45) is 5.68. The Hall–Kier alpha value is -4.18. The molecule has 1 aromatic carbocycles. The van der Waals surface area contributed by atoms with Gasteiger partial charge in [-0.2, -0.15) is 5.10 Å². The molecule has 38 heavy (non-hydrogen) atoms. The molecule has 2 fully saturated rings. The number of nitrogens with zero attached hydrogens (tertiary/aromatic N) is 5. The van der Waals surface area contributed by atoms with Gasteiger partial charge in [-0.25, -0.2) is 4.68 Å². The predicted molar refractivity (Wildman–Crippen MR) is 140 cm³/mol. The summed E-state index contributed by atoms with van der Waals surface area (Å²) < 4.78 is 13.9. The van der Waals surface area contributed by atoms with Gasteiger partial charge in [0.25, 0.3) is 0 Å². The molecule has 3 aliphatic heterocycles. The van der Waals surface area contributed by atoms with Crippen molar-refractivity contribution in [3.05, 3.63) is 54.9 Å². The van der Waals surface area contributed by atoms with Crippen LogP contribution in [0, 0.1) is 0 Å². The Labute approximate surface area is 218 Å². The molecule has 2 N–H and O–H groups in total. The molecule has 10 heteroatoms. The fourth-order valence-corrected chi connectivity index (χ4v) is 6.28. The van der Waals surface area contributed by atoms with Crippen LogP contribution in [0.5, 0.6) is 11.6 Å². The number of hydrogen-bond donors (Lipinski definition) is 2. The highest BCUT2D eigenvalue weighted by Crippen LogP contribution is 2.46. The zero-order valence-electron chi connectivity index (χ0n) is 20.8. The van der Waals surface area contributed by atoms with E-state index in [2.05, 4.69) is 26.9 Å². The number of morpholine rings is 1. The minimum Gasteiger partial charge on any atom is -0.507 e. The molecule has 1 amide bonds. The zero-order valence-corrected chi connectivity index (χ0v) is 20.8. The number of aryl methyl sites for hydroxylation is 1. The van der Waals surface area contributed by atoms with Crippen LogP contribution in [0.2, 0.25) is 0 Å². The number of phenolic OH excluding ortho intramolecular Hbond substituents is 1. The highest BCUT2D eigenvalue weighted by Gasteiger charge is 2.43. The zero-order chi connectivity index (χ0) is 25.8. The van der Waals surface area contributed by atoms with E-state index in [0.29, 0.717) is 36.7 Å². The summed E-state index contributed by atoms with van der Waals surface area (Å²) in [5, 5.41) is 25.0. The van der Waals surface area contributed by atoms with E-state index >= 15 is 0 Å². The summed E-state index contributed by atoms with van der Waals surface area (Å²) in [6, 6.07) is 9.04. The Kier molecular flexibility index (Phi) is 5.43. The Morgan fingerprint density at radius 2 is 1.97 bits per heavy atom. The van der Waals surface area contributed by atoms with Gasteiger partial charge in [0.1, 0.15) is 5.75 Å². The number of nitrogens with one attached hydrogen (secondary N) is 1. The maximum Gasteiger partial charge on any atom is 0.246 e. The number of hydrogen-bond acceptors (Lipinski definition) is 7. The molecule has 2 saturated heterocycles. The van der Waals surface area contributed by atoms with Crippen molar-refractivity contribution in [2.75, 3.05) is 19.8 Å². The largest absolute Gasteiger partial charge is 0.507 e. The summed E-state index contributed by atoms with van der Waals surface area (Å²) in [5.41, 5.74) is 4.80. The third kappa shape index (κ3) is 3.59. The molecule has 6 heterocycles. The molecular formula is C28H28N6O4. The maximum absolute atomic E-state index is 12.7. The number of phenols is 1. The first kappa shape index (κ1) is 23.0. The van der Waals surface area contributed by atoms with E-state index < -0.39 is 0 Å². The molecule has 3 aliphatic rings. The van der Waals surface area contributed by atoms with Crippen molar-refractivity contribution in [2.45, 2.75) is 43.8 Å². The second-order valence-corrected chi connectivity index (χ2v) is 10.2. The average molecular weight is 513 g/mol. The van der Waals surface area contributed by atoms with Gasteiger partial charge in [0.05, 0.1) is 49.4 Å². The van der Waals surface area contributed by atoms with E-state index in [9.17, 15) is 9.90 Å².